The van der Waals surface area contributed by atoms with Crippen molar-refractivity contribution in [2.75, 3.05) is 33.2 Å². The highest BCUT2D eigenvalue weighted by molar-refractivity contribution is 5.79. The fraction of sp³-hybridized carbons (Fsp3) is 0.588. The Morgan fingerprint density at radius 3 is 2.50 bits per heavy atom. The Bertz CT molecular complexity index is 442. The third kappa shape index (κ3) is 7.98. The number of nitrogens with zero attached hydrogens (tertiary/aromatic N) is 2. The molecular formula is C17H29FN4. The van der Waals surface area contributed by atoms with Gasteiger partial charge in [0.2, 0.25) is 0 Å². The summed E-state index contributed by atoms with van der Waals surface area (Å²) in [7, 11) is 2.06. The van der Waals surface area contributed by atoms with Crippen LogP contribution in [0.1, 0.15) is 26.3 Å². The summed E-state index contributed by atoms with van der Waals surface area (Å²) in [6.07, 6.45) is 0. The third-order valence-corrected chi connectivity index (χ3v) is 3.11. The van der Waals surface area contributed by atoms with Crippen LogP contribution < -0.4 is 10.6 Å². The fourth-order valence-corrected chi connectivity index (χ4v) is 1.96. The van der Waals surface area contributed by atoms with Crippen LogP contribution in [0.25, 0.3) is 0 Å². The average Bonchev–Trinajstić information content (AvgIpc) is 2.47. The molecule has 0 unspecified atom stereocenters. The van der Waals surface area contributed by atoms with Crippen LogP contribution in [0.5, 0.6) is 0 Å². The van der Waals surface area contributed by atoms with Crippen LogP contribution in [-0.2, 0) is 6.54 Å². The molecule has 1 aromatic rings. The summed E-state index contributed by atoms with van der Waals surface area (Å²) in [5, 5.41) is 6.59. The average molecular weight is 308 g/mol. The van der Waals surface area contributed by atoms with Crippen LogP contribution in [-0.4, -0.2) is 44.1 Å². The Hall–Kier alpha value is -1.62. The first-order chi connectivity index (χ1) is 10.5. The van der Waals surface area contributed by atoms with Crippen molar-refractivity contribution in [3.8, 4) is 0 Å². The Labute approximate surface area is 133 Å². The summed E-state index contributed by atoms with van der Waals surface area (Å²) < 4.78 is 12.9. The minimum absolute atomic E-state index is 0.190. The number of aliphatic imine (C=N–C) groups is 1. The Kier molecular flexibility index (Phi) is 8.51. The normalized spacial score (nSPS) is 12.0. The van der Waals surface area contributed by atoms with E-state index in [9.17, 15) is 4.39 Å². The number of halogens is 1. The first-order valence-electron chi connectivity index (χ1n) is 7.96. The zero-order chi connectivity index (χ0) is 16.4. The number of guanidine groups is 1. The van der Waals surface area contributed by atoms with Crippen molar-refractivity contribution in [2.45, 2.75) is 27.3 Å². The molecule has 0 aliphatic rings. The molecule has 1 aromatic carbocycles. The summed E-state index contributed by atoms with van der Waals surface area (Å²) in [5.41, 5.74) is 1.12. The predicted octanol–water partition coefficient (Wildman–Crippen LogP) is 2.47. The lowest BCUT2D eigenvalue weighted by Crippen LogP contribution is -2.41. The van der Waals surface area contributed by atoms with E-state index >= 15 is 0 Å². The highest BCUT2D eigenvalue weighted by Gasteiger charge is 2.02. The number of rotatable bonds is 8. The number of hydrogen-bond donors (Lipinski definition) is 2. The summed E-state index contributed by atoms with van der Waals surface area (Å²) in [6, 6.07) is 6.66. The number of hydrogen-bond acceptors (Lipinski definition) is 2. The molecule has 124 valence electrons. The summed E-state index contributed by atoms with van der Waals surface area (Å²) >= 11 is 0. The fourth-order valence-electron chi connectivity index (χ4n) is 1.96. The van der Waals surface area contributed by atoms with Gasteiger partial charge in [-0.3, -0.25) is 4.99 Å². The van der Waals surface area contributed by atoms with E-state index in [0.717, 1.165) is 44.2 Å². The standard InChI is InChI=1S/C17H29FN4/c1-5-19-17(21-12-14(2)3)20-10-11-22(4)13-15-6-8-16(18)9-7-15/h6-9,14H,5,10-13H2,1-4H3,(H2,19,20,21). The van der Waals surface area contributed by atoms with Crippen molar-refractivity contribution in [1.29, 1.82) is 0 Å². The molecule has 5 heteroatoms. The minimum atomic E-state index is -0.190. The Morgan fingerprint density at radius 2 is 1.91 bits per heavy atom. The van der Waals surface area contributed by atoms with Crippen molar-refractivity contribution in [1.82, 2.24) is 15.5 Å². The molecule has 0 aliphatic heterocycles. The van der Waals surface area contributed by atoms with Crippen LogP contribution in [0.4, 0.5) is 4.39 Å². The van der Waals surface area contributed by atoms with Crippen molar-refractivity contribution in [3.63, 3.8) is 0 Å². The van der Waals surface area contributed by atoms with E-state index in [4.69, 9.17) is 0 Å². The van der Waals surface area contributed by atoms with Crippen molar-refractivity contribution in [3.05, 3.63) is 35.6 Å². The second-order valence-corrected chi connectivity index (χ2v) is 5.90. The monoisotopic (exact) mass is 308 g/mol. The first kappa shape index (κ1) is 18.4. The lowest BCUT2D eigenvalue weighted by atomic mass is 10.2. The highest BCUT2D eigenvalue weighted by atomic mass is 19.1. The van der Waals surface area contributed by atoms with E-state index in [0.29, 0.717) is 5.92 Å². The molecule has 0 aliphatic carbocycles. The van der Waals surface area contributed by atoms with Crippen molar-refractivity contribution < 1.29 is 4.39 Å². The van der Waals surface area contributed by atoms with Crippen LogP contribution in [0, 0.1) is 11.7 Å². The smallest absolute Gasteiger partial charge is 0.191 e. The molecule has 0 saturated heterocycles. The molecule has 0 fully saturated rings. The van der Waals surface area contributed by atoms with Gasteiger partial charge < -0.3 is 15.5 Å². The van der Waals surface area contributed by atoms with Gasteiger partial charge in [0.15, 0.2) is 5.96 Å². The molecule has 0 atom stereocenters. The lowest BCUT2D eigenvalue weighted by molar-refractivity contribution is 0.331. The second-order valence-electron chi connectivity index (χ2n) is 5.90. The van der Waals surface area contributed by atoms with E-state index < -0.39 is 0 Å². The highest BCUT2D eigenvalue weighted by Crippen LogP contribution is 2.04. The van der Waals surface area contributed by atoms with E-state index in [1.54, 1.807) is 0 Å². The summed E-state index contributed by atoms with van der Waals surface area (Å²) in [6.45, 7) is 10.6. The van der Waals surface area contributed by atoms with Gasteiger partial charge in [-0.25, -0.2) is 4.39 Å². The molecular weight excluding hydrogens is 279 g/mol. The third-order valence-electron chi connectivity index (χ3n) is 3.11. The molecule has 0 heterocycles. The maximum Gasteiger partial charge on any atom is 0.191 e. The Balaban J connectivity index is 2.34. The molecule has 22 heavy (non-hydrogen) atoms. The minimum Gasteiger partial charge on any atom is -0.357 e. The molecule has 2 N–H and O–H groups in total. The summed E-state index contributed by atoms with van der Waals surface area (Å²) in [4.78, 5) is 6.74. The molecule has 1 rings (SSSR count). The first-order valence-corrected chi connectivity index (χ1v) is 7.96. The van der Waals surface area contributed by atoms with E-state index in [1.807, 2.05) is 12.1 Å². The van der Waals surface area contributed by atoms with Crippen LogP contribution in [0.2, 0.25) is 0 Å². The number of benzene rings is 1. The van der Waals surface area contributed by atoms with Crippen molar-refractivity contribution >= 4 is 5.96 Å². The SMILES string of the molecule is CCNC(=NCC(C)C)NCCN(C)Cc1ccc(F)cc1. The molecule has 0 spiro atoms. The zero-order valence-corrected chi connectivity index (χ0v) is 14.2. The van der Waals surface area contributed by atoms with E-state index in [2.05, 4.69) is 48.3 Å². The van der Waals surface area contributed by atoms with Gasteiger partial charge in [0, 0.05) is 32.7 Å². The number of nitrogens with one attached hydrogen (secondary N) is 2. The maximum atomic E-state index is 12.9. The molecule has 4 nitrogen and oxygen atoms in total. The van der Waals surface area contributed by atoms with E-state index in [-0.39, 0.29) is 5.82 Å². The molecule has 0 radical (unpaired) electrons. The van der Waals surface area contributed by atoms with E-state index in [1.165, 1.54) is 12.1 Å². The maximum absolute atomic E-state index is 12.9. The molecule has 0 bridgehead atoms. The van der Waals surface area contributed by atoms with Crippen LogP contribution in [0.15, 0.2) is 29.3 Å². The van der Waals surface area contributed by atoms with Gasteiger partial charge in [-0.1, -0.05) is 26.0 Å². The van der Waals surface area contributed by atoms with Crippen molar-refractivity contribution in [2.24, 2.45) is 10.9 Å². The van der Waals surface area contributed by atoms with Crippen LogP contribution >= 0.6 is 0 Å². The lowest BCUT2D eigenvalue weighted by Gasteiger charge is -2.18. The molecule has 0 amide bonds. The second kappa shape index (κ2) is 10.2. The van der Waals surface area contributed by atoms with Crippen LogP contribution in [0.3, 0.4) is 0 Å². The quantitative estimate of drug-likeness (QED) is 0.572. The van der Waals surface area contributed by atoms with Gasteiger partial charge in [0.05, 0.1) is 0 Å². The van der Waals surface area contributed by atoms with Gasteiger partial charge in [-0.2, -0.15) is 0 Å². The number of likely N-dealkylation sites (N-methyl/N-ethyl adjacent to an activating group) is 1. The topological polar surface area (TPSA) is 39.7 Å². The molecule has 0 saturated carbocycles. The van der Waals surface area contributed by atoms with Gasteiger partial charge >= 0.3 is 0 Å². The molecule has 0 aromatic heterocycles. The van der Waals surface area contributed by atoms with Gasteiger partial charge in [-0.15, -0.1) is 0 Å². The van der Waals surface area contributed by atoms with Gasteiger partial charge in [0.25, 0.3) is 0 Å². The zero-order valence-electron chi connectivity index (χ0n) is 14.2. The largest absolute Gasteiger partial charge is 0.357 e. The predicted molar refractivity (Wildman–Crippen MR) is 91.6 cm³/mol. The Morgan fingerprint density at radius 1 is 1.23 bits per heavy atom. The van der Waals surface area contributed by atoms with Gasteiger partial charge in [0.1, 0.15) is 5.82 Å². The summed E-state index contributed by atoms with van der Waals surface area (Å²) in [5.74, 6) is 1.23. The van der Waals surface area contributed by atoms with Gasteiger partial charge in [-0.05, 0) is 37.6 Å².